The average molecular weight is 397 g/mol. The molecule has 0 aromatic heterocycles. The summed E-state index contributed by atoms with van der Waals surface area (Å²) in [4.78, 5) is 36.2. The Hall–Kier alpha value is -2.33. The number of nitro groups is 1. The first-order chi connectivity index (χ1) is 12.7. The van der Waals surface area contributed by atoms with E-state index in [1.807, 2.05) is 0 Å². The number of nitrogens with two attached hydrogens (primary N) is 1. The number of benzene rings is 1. The van der Waals surface area contributed by atoms with Crippen LogP contribution in [-0.2, 0) is 16.1 Å². The summed E-state index contributed by atoms with van der Waals surface area (Å²) in [6, 6.07) is 5.60. The van der Waals surface area contributed by atoms with Crippen LogP contribution in [0.3, 0.4) is 0 Å². The lowest BCUT2D eigenvalue weighted by molar-refractivity contribution is -0.384. The summed E-state index contributed by atoms with van der Waals surface area (Å²) in [5.74, 6) is -0.709. The van der Waals surface area contributed by atoms with E-state index in [1.165, 1.54) is 29.2 Å². The Morgan fingerprint density at radius 2 is 2.11 bits per heavy atom. The van der Waals surface area contributed by atoms with Gasteiger partial charge in [-0.1, -0.05) is 6.92 Å². The van der Waals surface area contributed by atoms with E-state index in [-0.39, 0.29) is 36.9 Å². The smallest absolute Gasteiger partial charge is 0.411 e. The van der Waals surface area contributed by atoms with Gasteiger partial charge in [-0.3, -0.25) is 19.8 Å². The molecule has 1 aliphatic rings. The number of ether oxygens (including phenoxy) is 1. The number of hydrogen-bond donors (Lipinski definition) is 3. The number of carbonyl (C=O) groups excluding carboxylic acids is 2. The zero-order valence-electron chi connectivity index (χ0n) is 14.9. The normalized spacial score (nSPS) is 23.1. The Morgan fingerprint density at radius 1 is 1.48 bits per heavy atom. The minimum atomic E-state index is -1.35. The van der Waals surface area contributed by atoms with Gasteiger partial charge in [-0.2, -0.15) is 12.6 Å². The number of aliphatic hydroxyl groups excluding tert-OH is 1. The zero-order valence-corrected chi connectivity index (χ0v) is 15.8. The van der Waals surface area contributed by atoms with Gasteiger partial charge in [0.1, 0.15) is 12.1 Å². The quantitative estimate of drug-likeness (QED) is 0.363. The molecule has 27 heavy (non-hydrogen) atoms. The van der Waals surface area contributed by atoms with Crippen LogP contribution in [0.2, 0.25) is 0 Å². The molecule has 3 N–H and O–H groups in total. The van der Waals surface area contributed by atoms with Gasteiger partial charge in [0.2, 0.25) is 5.91 Å². The topological polar surface area (TPSA) is 136 Å². The van der Waals surface area contributed by atoms with Crippen LogP contribution in [0.25, 0.3) is 0 Å². The van der Waals surface area contributed by atoms with Crippen LogP contribution < -0.4 is 5.73 Å². The maximum Gasteiger partial charge on any atom is 0.411 e. The maximum absolute atomic E-state index is 12.6. The van der Waals surface area contributed by atoms with Gasteiger partial charge in [-0.15, -0.1) is 0 Å². The monoisotopic (exact) mass is 397 g/mol. The number of hydrogen-bond acceptors (Lipinski definition) is 7. The van der Waals surface area contributed by atoms with Crippen LogP contribution in [-0.4, -0.2) is 50.4 Å². The second kappa shape index (κ2) is 8.57. The molecule has 0 spiro atoms. The van der Waals surface area contributed by atoms with Crippen molar-refractivity contribution in [2.24, 2.45) is 5.73 Å². The lowest BCUT2D eigenvalue weighted by Gasteiger charge is -2.36. The van der Waals surface area contributed by atoms with E-state index in [1.54, 1.807) is 6.92 Å². The minimum Gasteiger partial charge on any atom is -0.445 e. The highest BCUT2D eigenvalue weighted by molar-refractivity contribution is 7.81. The van der Waals surface area contributed by atoms with Crippen molar-refractivity contribution in [1.82, 2.24) is 4.90 Å². The molecule has 10 heteroatoms. The number of rotatable bonds is 7. The van der Waals surface area contributed by atoms with E-state index in [0.29, 0.717) is 12.0 Å². The van der Waals surface area contributed by atoms with Gasteiger partial charge in [-0.25, -0.2) is 4.79 Å². The van der Waals surface area contributed by atoms with Crippen LogP contribution in [0.4, 0.5) is 10.5 Å². The first-order valence-electron chi connectivity index (χ1n) is 8.53. The van der Waals surface area contributed by atoms with E-state index in [4.69, 9.17) is 10.5 Å². The molecule has 0 unspecified atom stereocenters. The van der Waals surface area contributed by atoms with Crippen LogP contribution in [0.5, 0.6) is 0 Å². The predicted octanol–water partition coefficient (Wildman–Crippen LogP) is 1.62. The van der Waals surface area contributed by atoms with Crippen molar-refractivity contribution in [3.8, 4) is 0 Å². The van der Waals surface area contributed by atoms with E-state index in [0.717, 1.165) is 0 Å². The molecule has 1 heterocycles. The molecule has 9 nitrogen and oxygen atoms in total. The molecule has 0 saturated carbocycles. The van der Waals surface area contributed by atoms with Crippen molar-refractivity contribution in [3.63, 3.8) is 0 Å². The number of carbonyl (C=O) groups is 2. The summed E-state index contributed by atoms with van der Waals surface area (Å²) in [6.07, 6.45) is -0.872. The summed E-state index contributed by atoms with van der Waals surface area (Å²) in [7, 11) is 0. The third-order valence-corrected chi connectivity index (χ3v) is 5.06. The molecular formula is C17H23N3O6S. The Balaban J connectivity index is 2.12. The molecule has 1 aromatic rings. The number of amides is 2. The van der Waals surface area contributed by atoms with Gasteiger partial charge in [-0.05, 0) is 30.5 Å². The second-order valence-electron chi connectivity index (χ2n) is 6.61. The molecule has 0 bridgehead atoms. The van der Waals surface area contributed by atoms with Crippen molar-refractivity contribution in [2.75, 3.05) is 6.54 Å². The molecule has 1 aromatic carbocycles. The highest BCUT2D eigenvalue weighted by Crippen LogP contribution is 2.37. The summed E-state index contributed by atoms with van der Waals surface area (Å²) in [5.41, 5.74) is 4.73. The largest absolute Gasteiger partial charge is 0.445 e. The highest BCUT2D eigenvalue weighted by Gasteiger charge is 2.53. The Labute approximate surface area is 162 Å². The van der Waals surface area contributed by atoms with Gasteiger partial charge in [0.15, 0.2) is 0 Å². The number of aliphatic hydroxyl groups is 1. The lowest BCUT2D eigenvalue weighted by atomic mass is 9.87. The second-order valence-corrected chi connectivity index (χ2v) is 7.34. The van der Waals surface area contributed by atoms with E-state index in [2.05, 4.69) is 12.6 Å². The van der Waals surface area contributed by atoms with Crippen LogP contribution in [0, 0.1) is 10.1 Å². The number of primary amides is 1. The zero-order chi connectivity index (χ0) is 20.2. The first-order valence-corrected chi connectivity index (χ1v) is 9.05. The number of likely N-dealkylation sites (tertiary alicyclic amines) is 1. The molecule has 1 fully saturated rings. The molecule has 148 valence electrons. The van der Waals surface area contributed by atoms with Crippen LogP contribution >= 0.6 is 12.6 Å². The van der Waals surface area contributed by atoms with E-state index < -0.39 is 28.6 Å². The molecule has 0 aliphatic carbocycles. The third-order valence-electron chi connectivity index (χ3n) is 4.72. The Kier molecular flexibility index (Phi) is 6.66. The van der Waals surface area contributed by atoms with Crippen molar-refractivity contribution >= 4 is 30.3 Å². The average Bonchev–Trinajstić information content (AvgIpc) is 2.97. The lowest BCUT2D eigenvalue weighted by Crippen LogP contribution is -2.57. The SMILES string of the molecule is CC[C@H](O)C[C@@]1(C(N)=O)C[C@H](S)CN1C(=O)OCc1ccc([N+](=O)[O-])cc1. The predicted molar refractivity (Wildman–Crippen MR) is 100 cm³/mol. The Bertz CT molecular complexity index is 713. The van der Waals surface area contributed by atoms with Crippen molar-refractivity contribution in [1.29, 1.82) is 0 Å². The fourth-order valence-electron chi connectivity index (χ4n) is 3.20. The maximum atomic E-state index is 12.6. The molecule has 1 aliphatic heterocycles. The van der Waals surface area contributed by atoms with Gasteiger partial charge in [0.05, 0.1) is 11.0 Å². The van der Waals surface area contributed by atoms with Gasteiger partial charge in [0.25, 0.3) is 5.69 Å². The molecule has 3 atom stereocenters. The summed E-state index contributed by atoms with van der Waals surface area (Å²) < 4.78 is 5.28. The van der Waals surface area contributed by atoms with E-state index in [9.17, 15) is 24.8 Å². The van der Waals surface area contributed by atoms with Crippen LogP contribution in [0.15, 0.2) is 24.3 Å². The molecule has 0 radical (unpaired) electrons. The van der Waals surface area contributed by atoms with Gasteiger partial charge < -0.3 is 15.6 Å². The van der Waals surface area contributed by atoms with Gasteiger partial charge >= 0.3 is 6.09 Å². The highest BCUT2D eigenvalue weighted by atomic mass is 32.1. The summed E-state index contributed by atoms with van der Waals surface area (Å²) in [6.45, 7) is 1.82. The van der Waals surface area contributed by atoms with Gasteiger partial charge in [0, 0.05) is 30.3 Å². The standard InChI is InChI=1S/C17H23N3O6S/c1-2-13(21)7-17(15(18)22)8-14(27)9-19(17)16(23)26-10-11-3-5-12(6-4-11)20(24)25/h3-6,13-14,21,27H,2,7-10H2,1H3,(H2,18,22)/t13-,14-,17-/m0/s1. The fraction of sp³-hybridized carbons (Fsp3) is 0.529. The summed E-state index contributed by atoms with van der Waals surface area (Å²) >= 11 is 4.37. The van der Waals surface area contributed by atoms with Crippen LogP contribution in [0.1, 0.15) is 31.7 Å². The molecule has 2 amide bonds. The third kappa shape index (κ3) is 4.69. The molecule has 1 saturated heterocycles. The number of nitrogens with zero attached hydrogens (tertiary/aromatic N) is 2. The fourth-order valence-corrected chi connectivity index (χ4v) is 3.66. The number of nitro benzene ring substituents is 1. The Morgan fingerprint density at radius 3 is 2.63 bits per heavy atom. The van der Waals surface area contributed by atoms with Crippen molar-refractivity contribution in [2.45, 2.75) is 49.7 Å². The number of non-ortho nitro benzene ring substituents is 1. The van der Waals surface area contributed by atoms with Crippen molar-refractivity contribution < 1.29 is 24.4 Å². The summed E-state index contributed by atoms with van der Waals surface area (Å²) in [5, 5.41) is 20.4. The molecule has 2 rings (SSSR count). The number of thiol groups is 1. The minimum absolute atomic E-state index is 0.0164. The van der Waals surface area contributed by atoms with E-state index >= 15 is 0 Å². The van der Waals surface area contributed by atoms with Crippen molar-refractivity contribution in [3.05, 3.63) is 39.9 Å². The molecular weight excluding hydrogens is 374 g/mol. The first kappa shape index (κ1) is 21.0.